The van der Waals surface area contributed by atoms with Crippen molar-refractivity contribution in [1.82, 2.24) is 10.2 Å². The first-order valence-corrected chi connectivity index (χ1v) is 6.59. The van der Waals surface area contributed by atoms with Gasteiger partial charge in [-0.2, -0.15) is 0 Å². The van der Waals surface area contributed by atoms with E-state index in [1.807, 2.05) is 0 Å². The molecule has 1 saturated heterocycles. The lowest BCUT2D eigenvalue weighted by atomic mass is 10.3. The molecule has 0 radical (unpaired) electrons. The number of carbonyl (C=O) groups is 1. The van der Waals surface area contributed by atoms with Crippen LogP contribution < -0.4 is 5.32 Å². The van der Waals surface area contributed by atoms with E-state index in [1.54, 1.807) is 13.0 Å². The van der Waals surface area contributed by atoms with E-state index in [-0.39, 0.29) is 5.97 Å². The van der Waals surface area contributed by atoms with Crippen molar-refractivity contribution in [2.45, 2.75) is 19.9 Å². The summed E-state index contributed by atoms with van der Waals surface area (Å²) in [6.07, 6.45) is 3.27. The summed E-state index contributed by atoms with van der Waals surface area (Å²) in [5.41, 5.74) is 0. The molecule has 104 valence electrons. The van der Waals surface area contributed by atoms with Crippen LogP contribution in [0, 0.1) is 0 Å². The van der Waals surface area contributed by atoms with Gasteiger partial charge in [0.05, 0.1) is 19.8 Å². The fourth-order valence-corrected chi connectivity index (χ4v) is 1.85. The zero-order chi connectivity index (χ0) is 13.2. The van der Waals surface area contributed by atoms with Gasteiger partial charge < -0.3 is 14.8 Å². The first-order valence-electron chi connectivity index (χ1n) is 6.59. The average molecular weight is 256 g/mol. The molecule has 5 nitrogen and oxygen atoms in total. The Morgan fingerprint density at radius 2 is 2.22 bits per heavy atom. The molecule has 0 amide bonds. The van der Waals surface area contributed by atoms with E-state index >= 15 is 0 Å². The molecule has 1 aliphatic rings. The van der Waals surface area contributed by atoms with Crippen molar-refractivity contribution in [1.29, 1.82) is 0 Å². The minimum atomic E-state index is -0.278. The predicted octanol–water partition coefficient (Wildman–Crippen LogP) is 0.416. The van der Waals surface area contributed by atoms with Gasteiger partial charge in [0.2, 0.25) is 0 Å². The molecule has 1 N–H and O–H groups in total. The number of hydrogen-bond acceptors (Lipinski definition) is 5. The Balaban J connectivity index is 2.08. The highest BCUT2D eigenvalue weighted by Gasteiger charge is 2.12. The molecule has 0 saturated carbocycles. The van der Waals surface area contributed by atoms with Crippen LogP contribution in [0.2, 0.25) is 0 Å². The summed E-state index contributed by atoms with van der Waals surface area (Å²) in [5.74, 6) is -0.278. The topological polar surface area (TPSA) is 50.8 Å². The monoisotopic (exact) mass is 256 g/mol. The lowest BCUT2D eigenvalue weighted by Crippen LogP contribution is -2.44. The Morgan fingerprint density at radius 3 is 2.89 bits per heavy atom. The molecule has 0 aromatic heterocycles. The largest absolute Gasteiger partial charge is 0.463 e. The van der Waals surface area contributed by atoms with E-state index in [1.165, 1.54) is 6.08 Å². The van der Waals surface area contributed by atoms with Gasteiger partial charge in [0, 0.05) is 38.3 Å². The molecule has 1 rings (SSSR count). The summed E-state index contributed by atoms with van der Waals surface area (Å²) in [6, 6.07) is 0.398. The number of esters is 1. The molecule has 0 spiro atoms. The Bertz CT molecular complexity index is 263. The normalized spacial score (nSPS) is 19.0. The third kappa shape index (κ3) is 6.74. The number of hydrogen-bond donors (Lipinski definition) is 1. The summed E-state index contributed by atoms with van der Waals surface area (Å²) in [6.45, 7) is 9.73. The van der Waals surface area contributed by atoms with Crippen molar-refractivity contribution in [3.05, 3.63) is 12.2 Å². The molecule has 5 heteroatoms. The summed E-state index contributed by atoms with van der Waals surface area (Å²) >= 11 is 0. The molecule has 1 heterocycles. The SMILES string of the molecule is CCOC(=O)/C=C/CNC(C)CN1CCOCC1. The maximum atomic E-state index is 11.0. The Morgan fingerprint density at radius 1 is 1.50 bits per heavy atom. The van der Waals surface area contributed by atoms with E-state index in [0.717, 1.165) is 32.8 Å². The van der Waals surface area contributed by atoms with Gasteiger partial charge in [0.25, 0.3) is 0 Å². The van der Waals surface area contributed by atoms with Crippen LogP contribution in [0.5, 0.6) is 0 Å². The van der Waals surface area contributed by atoms with Gasteiger partial charge in [-0.1, -0.05) is 6.08 Å². The Labute approximate surface area is 109 Å². The van der Waals surface area contributed by atoms with Crippen molar-refractivity contribution in [3.8, 4) is 0 Å². The molecule has 0 aromatic rings. The molecule has 1 aliphatic heterocycles. The minimum absolute atomic E-state index is 0.278. The summed E-state index contributed by atoms with van der Waals surface area (Å²) in [4.78, 5) is 13.4. The summed E-state index contributed by atoms with van der Waals surface area (Å²) < 4.78 is 10.1. The second-order valence-electron chi connectivity index (χ2n) is 4.38. The van der Waals surface area contributed by atoms with Crippen molar-refractivity contribution < 1.29 is 14.3 Å². The van der Waals surface area contributed by atoms with E-state index in [0.29, 0.717) is 19.2 Å². The number of nitrogens with zero attached hydrogens (tertiary/aromatic N) is 1. The van der Waals surface area contributed by atoms with Crippen LogP contribution in [-0.2, 0) is 14.3 Å². The number of carbonyl (C=O) groups excluding carboxylic acids is 1. The smallest absolute Gasteiger partial charge is 0.330 e. The molecule has 1 unspecified atom stereocenters. The van der Waals surface area contributed by atoms with Crippen molar-refractivity contribution in [3.63, 3.8) is 0 Å². The van der Waals surface area contributed by atoms with Crippen molar-refractivity contribution >= 4 is 5.97 Å². The van der Waals surface area contributed by atoms with Crippen LogP contribution in [0.1, 0.15) is 13.8 Å². The predicted molar refractivity (Wildman–Crippen MR) is 70.5 cm³/mol. The first-order chi connectivity index (χ1) is 8.72. The van der Waals surface area contributed by atoms with Gasteiger partial charge in [-0.15, -0.1) is 0 Å². The third-order valence-electron chi connectivity index (χ3n) is 2.76. The molecule has 0 aromatic carbocycles. The summed E-state index contributed by atoms with van der Waals surface area (Å²) in [7, 11) is 0. The van der Waals surface area contributed by atoms with Gasteiger partial charge in [0.1, 0.15) is 0 Å². The van der Waals surface area contributed by atoms with Gasteiger partial charge in [0.15, 0.2) is 0 Å². The van der Waals surface area contributed by atoms with Crippen LogP contribution in [0.3, 0.4) is 0 Å². The van der Waals surface area contributed by atoms with E-state index in [4.69, 9.17) is 9.47 Å². The molecular formula is C13H24N2O3. The standard InChI is InChI=1S/C13H24N2O3/c1-3-18-13(16)5-4-6-14-12(2)11-15-7-9-17-10-8-15/h4-5,12,14H,3,6-11H2,1-2H3/b5-4+. The number of morpholine rings is 1. The molecule has 1 atom stereocenters. The molecular weight excluding hydrogens is 232 g/mol. The lowest BCUT2D eigenvalue weighted by Gasteiger charge is -2.29. The molecule has 18 heavy (non-hydrogen) atoms. The minimum Gasteiger partial charge on any atom is -0.463 e. The second-order valence-corrected chi connectivity index (χ2v) is 4.38. The number of nitrogens with one attached hydrogen (secondary N) is 1. The number of ether oxygens (including phenoxy) is 2. The van der Waals surface area contributed by atoms with Crippen LogP contribution in [0.15, 0.2) is 12.2 Å². The zero-order valence-corrected chi connectivity index (χ0v) is 11.4. The van der Waals surface area contributed by atoms with E-state index in [9.17, 15) is 4.79 Å². The molecule has 1 fully saturated rings. The maximum Gasteiger partial charge on any atom is 0.330 e. The quantitative estimate of drug-likeness (QED) is 0.528. The zero-order valence-electron chi connectivity index (χ0n) is 11.4. The first kappa shape index (κ1) is 15.1. The van der Waals surface area contributed by atoms with Gasteiger partial charge >= 0.3 is 5.97 Å². The van der Waals surface area contributed by atoms with Crippen molar-refractivity contribution in [2.24, 2.45) is 0 Å². The van der Waals surface area contributed by atoms with Gasteiger partial charge in [-0.05, 0) is 13.8 Å². The number of rotatable bonds is 7. The third-order valence-corrected chi connectivity index (χ3v) is 2.76. The van der Waals surface area contributed by atoms with Crippen LogP contribution in [-0.4, -0.2) is 62.9 Å². The van der Waals surface area contributed by atoms with Crippen LogP contribution in [0.25, 0.3) is 0 Å². The van der Waals surface area contributed by atoms with Crippen molar-refractivity contribution in [2.75, 3.05) is 46.0 Å². The van der Waals surface area contributed by atoms with E-state index in [2.05, 4.69) is 17.1 Å². The molecule has 0 aliphatic carbocycles. The average Bonchev–Trinajstić information content (AvgIpc) is 2.36. The van der Waals surface area contributed by atoms with Gasteiger partial charge in [-0.3, -0.25) is 4.90 Å². The Kier molecular flexibility index (Phi) is 7.64. The fourth-order valence-electron chi connectivity index (χ4n) is 1.85. The van der Waals surface area contributed by atoms with Crippen LogP contribution >= 0.6 is 0 Å². The molecule has 0 bridgehead atoms. The Hall–Kier alpha value is -0.910. The van der Waals surface area contributed by atoms with Crippen LogP contribution in [0.4, 0.5) is 0 Å². The van der Waals surface area contributed by atoms with E-state index < -0.39 is 0 Å². The highest BCUT2D eigenvalue weighted by atomic mass is 16.5. The van der Waals surface area contributed by atoms with Gasteiger partial charge in [-0.25, -0.2) is 4.79 Å². The second kappa shape index (κ2) is 9.08. The maximum absolute atomic E-state index is 11.0. The highest BCUT2D eigenvalue weighted by molar-refractivity contribution is 5.81. The summed E-state index contributed by atoms with van der Waals surface area (Å²) in [5, 5.41) is 3.35. The highest BCUT2D eigenvalue weighted by Crippen LogP contribution is 1.98. The lowest BCUT2D eigenvalue weighted by molar-refractivity contribution is -0.137. The fraction of sp³-hybridized carbons (Fsp3) is 0.769.